The molecule has 0 radical (unpaired) electrons. The Morgan fingerprint density at radius 3 is 2.65 bits per heavy atom. The van der Waals surface area contributed by atoms with Crippen LogP contribution in [0.3, 0.4) is 0 Å². The van der Waals surface area contributed by atoms with Crippen LogP contribution in [-0.2, 0) is 0 Å². The molecule has 0 atom stereocenters. The van der Waals surface area contributed by atoms with Gasteiger partial charge >= 0.3 is 5.69 Å². The van der Waals surface area contributed by atoms with E-state index in [1.54, 1.807) is 13.2 Å². The second-order valence-corrected chi connectivity index (χ2v) is 7.25. The van der Waals surface area contributed by atoms with Gasteiger partial charge in [-0.25, -0.2) is 4.79 Å². The number of carbonyl (C=O) groups excluding carboxylic acids is 1. The second kappa shape index (κ2) is 8.40. The minimum Gasteiger partial charge on any atom is -0.371 e. The van der Waals surface area contributed by atoms with Crippen molar-refractivity contribution in [3.8, 4) is 0 Å². The third-order valence-corrected chi connectivity index (χ3v) is 5.26. The third-order valence-electron chi connectivity index (χ3n) is 4.58. The number of aromatic amines is 1. The van der Waals surface area contributed by atoms with Gasteiger partial charge in [0.15, 0.2) is 0 Å². The topological polar surface area (TPSA) is 78.1 Å². The number of aryl methyl sites for hydroxylation is 1. The molecule has 3 rings (SSSR count). The monoisotopic (exact) mass is 372 g/mol. The molecular formula is C19H24N4O2S. The summed E-state index contributed by atoms with van der Waals surface area (Å²) in [5.41, 5.74) is 2.37. The van der Waals surface area contributed by atoms with Crippen LogP contribution >= 0.6 is 11.8 Å². The van der Waals surface area contributed by atoms with Crippen LogP contribution in [0.1, 0.15) is 41.7 Å². The second-order valence-electron chi connectivity index (χ2n) is 6.46. The lowest BCUT2D eigenvalue weighted by atomic mass is 10.2. The van der Waals surface area contributed by atoms with Gasteiger partial charge in [0.1, 0.15) is 5.03 Å². The molecule has 2 N–H and O–H groups in total. The standard InChI is InChI=1S/C19H24N4O2S/c1-13-16(18(26-2)22-19(25)20-13)17(24)21-14-8-7-9-15(12-14)23-10-5-3-4-6-11-23/h7-9,12H,3-6,10-11H2,1-2H3,(H,21,24)(H,20,22,25). The molecule has 7 heteroatoms. The van der Waals surface area contributed by atoms with Crippen LogP contribution < -0.4 is 15.9 Å². The smallest absolute Gasteiger partial charge is 0.346 e. The molecule has 1 saturated heterocycles. The molecule has 6 nitrogen and oxygen atoms in total. The lowest BCUT2D eigenvalue weighted by Crippen LogP contribution is -2.24. The summed E-state index contributed by atoms with van der Waals surface area (Å²) in [5, 5.41) is 3.38. The van der Waals surface area contributed by atoms with Crippen LogP contribution in [0.25, 0.3) is 0 Å². The highest BCUT2D eigenvalue weighted by atomic mass is 32.2. The van der Waals surface area contributed by atoms with Gasteiger partial charge in [0.05, 0.1) is 5.56 Å². The number of rotatable bonds is 4. The minimum absolute atomic E-state index is 0.261. The first-order valence-electron chi connectivity index (χ1n) is 8.90. The number of hydrogen-bond acceptors (Lipinski definition) is 5. The van der Waals surface area contributed by atoms with Crippen LogP contribution in [0.2, 0.25) is 0 Å². The maximum atomic E-state index is 12.8. The van der Waals surface area contributed by atoms with E-state index >= 15 is 0 Å². The quantitative estimate of drug-likeness (QED) is 0.635. The molecule has 0 unspecified atom stereocenters. The number of benzene rings is 1. The molecule has 0 bridgehead atoms. The molecule has 0 aliphatic carbocycles. The molecule has 26 heavy (non-hydrogen) atoms. The van der Waals surface area contributed by atoms with Gasteiger partial charge < -0.3 is 15.2 Å². The van der Waals surface area contributed by atoms with Gasteiger partial charge in [0.2, 0.25) is 0 Å². The molecule has 0 saturated carbocycles. The molecular weight excluding hydrogens is 348 g/mol. The molecule has 1 aliphatic rings. The first kappa shape index (κ1) is 18.5. The SMILES string of the molecule is CSc1nc(=O)[nH]c(C)c1C(=O)Nc1cccc(N2CCCCCC2)c1. The summed E-state index contributed by atoms with van der Waals surface area (Å²) in [6.45, 7) is 3.82. The van der Waals surface area contributed by atoms with Crippen LogP contribution in [0.15, 0.2) is 34.1 Å². The van der Waals surface area contributed by atoms with Gasteiger partial charge in [0, 0.05) is 30.2 Å². The lowest BCUT2D eigenvalue weighted by molar-refractivity contribution is 0.102. The zero-order chi connectivity index (χ0) is 18.5. The van der Waals surface area contributed by atoms with Crippen LogP contribution in [-0.4, -0.2) is 35.2 Å². The van der Waals surface area contributed by atoms with Crippen LogP contribution in [0.5, 0.6) is 0 Å². The Morgan fingerprint density at radius 2 is 1.96 bits per heavy atom. The fourth-order valence-electron chi connectivity index (χ4n) is 3.28. The normalized spacial score (nSPS) is 14.8. The molecule has 1 amide bonds. The highest BCUT2D eigenvalue weighted by Gasteiger charge is 2.18. The van der Waals surface area contributed by atoms with Crippen molar-refractivity contribution in [2.24, 2.45) is 0 Å². The van der Waals surface area contributed by atoms with E-state index < -0.39 is 5.69 Å². The molecule has 1 aliphatic heterocycles. The molecule has 1 fully saturated rings. The zero-order valence-electron chi connectivity index (χ0n) is 15.2. The van der Waals surface area contributed by atoms with E-state index in [4.69, 9.17) is 0 Å². The molecule has 1 aromatic carbocycles. The largest absolute Gasteiger partial charge is 0.371 e. The van der Waals surface area contributed by atoms with Crippen molar-refractivity contribution in [2.75, 3.05) is 29.6 Å². The van der Waals surface area contributed by atoms with Crippen molar-refractivity contribution in [1.82, 2.24) is 9.97 Å². The summed E-state index contributed by atoms with van der Waals surface area (Å²) in [4.78, 5) is 33.2. The molecule has 0 spiro atoms. The predicted octanol–water partition coefficient (Wildman–Crippen LogP) is 3.43. The maximum Gasteiger partial charge on any atom is 0.346 e. The van der Waals surface area contributed by atoms with E-state index in [9.17, 15) is 9.59 Å². The fraction of sp³-hybridized carbons (Fsp3) is 0.421. The Bertz CT molecular complexity index is 842. The van der Waals surface area contributed by atoms with Crippen molar-refractivity contribution in [3.05, 3.63) is 46.0 Å². The predicted molar refractivity (Wildman–Crippen MR) is 106 cm³/mol. The number of anilines is 2. The van der Waals surface area contributed by atoms with E-state index in [1.165, 1.54) is 37.4 Å². The summed E-state index contributed by atoms with van der Waals surface area (Å²) in [5.74, 6) is -0.261. The number of nitrogens with one attached hydrogen (secondary N) is 2. The summed E-state index contributed by atoms with van der Waals surface area (Å²) in [6, 6.07) is 7.94. The first-order chi connectivity index (χ1) is 12.6. The average Bonchev–Trinajstić information content (AvgIpc) is 2.90. The fourth-order valence-corrected chi connectivity index (χ4v) is 3.90. The summed E-state index contributed by atoms with van der Waals surface area (Å²) < 4.78 is 0. The number of carbonyl (C=O) groups is 1. The van der Waals surface area contributed by atoms with Gasteiger partial charge in [-0.1, -0.05) is 18.9 Å². The molecule has 2 aromatic rings. The summed E-state index contributed by atoms with van der Waals surface area (Å²) in [6.07, 6.45) is 6.77. The molecule has 138 valence electrons. The van der Waals surface area contributed by atoms with Crippen molar-refractivity contribution in [2.45, 2.75) is 37.6 Å². The maximum absolute atomic E-state index is 12.8. The zero-order valence-corrected chi connectivity index (χ0v) is 16.0. The average molecular weight is 372 g/mol. The Labute approximate surface area is 157 Å². The lowest BCUT2D eigenvalue weighted by Gasteiger charge is -2.23. The van der Waals surface area contributed by atoms with E-state index in [-0.39, 0.29) is 5.91 Å². The van der Waals surface area contributed by atoms with Crippen LogP contribution in [0.4, 0.5) is 11.4 Å². The number of amides is 1. The number of aromatic nitrogens is 2. The van der Waals surface area contributed by atoms with E-state index in [1.807, 2.05) is 18.2 Å². The molecule has 2 heterocycles. The Balaban J connectivity index is 1.82. The Kier molecular flexibility index (Phi) is 5.98. The summed E-state index contributed by atoms with van der Waals surface area (Å²) in [7, 11) is 0. The van der Waals surface area contributed by atoms with Gasteiger partial charge in [-0.3, -0.25) is 4.79 Å². The highest BCUT2D eigenvalue weighted by molar-refractivity contribution is 7.98. The van der Waals surface area contributed by atoms with Crippen molar-refractivity contribution < 1.29 is 4.79 Å². The van der Waals surface area contributed by atoms with Gasteiger partial charge in [-0.2, -0.15) is 4.98 Å². The first-order valence-corrected chi connectivity index (χ1v) is 10.1. The Hall–Kier alpha value is -2.28. The molecule has 1 aromatic heterocycles. The summed E-state index contributed by atoms with van der Waals surface area (Å²) >= 11 is 1.29. The van der Waals surface area contributed by atoms with Gasteiger partial charge in [-0.05, 0) is 44.2 Å². The number of hydrogen-bond donors (Lipinski definition) is 2. The van der Waals surface area contributed by atoms with Crippen molar-refractivity contribution in [1.29, 1.82) is 0 Å². The Morgan fingerprint density at radius 1 is 1.23 bits per heavy atom. The minimum atomic E-state index is -0.438. The number of nitrogens with zero attached hydrogens (tertiary/aromatic N) is 2. The highest BCUT2D eigenvalue weighted by Crippen LogP contribution is 2.24. The van der Waals surface area contributed by atoms with E-state index in [0.29, 0.717) is 16.3 Å². The third kappa shape index (κ3) is 4.27. The number of H-pyrrole nitrogens is 1. The van der Waals surface area contributed by atoms with Gasteiger partial charge in [0.25, 0.3) is 5.91 Å². The van der Waals surface area contributed by atoms with Crippen molar-refractivity contribution in [3.63, 3.8) is 0 Å². The van der Waals surface area contributed by atoms with Gasteiger partial charge in [-0.15, -0.1) is 11.8 Å². The number of thioether (sulfide) groups is 1. The van der Waals surface area contributed by atoms with Crippen molar-refractivity contribution >= 4 is 29.0 Å². The van der Waals surface area contributed by atoms with E-state index in [2.05, 4.69) is 26.3 Å². The van der Waals surface area contributed by atoms with Crippen LogP contribution in [0, 0.1) is 6.92 Å². The van der Waals surface area contributed by atoms with E-state index in [0.717, 1.165) is 24.5 Å².